The molecule has 1 aliphatic rings. The molecule has 0 bridgehead atoms. The van der Waals surface area contributed by atoms with Crippen molar-refractivity contribution in [1.29, 1.82) is 0 Å². The number of urea groups is 1. The number of rotatable bonds is 2. The lowest BCUT2D eigenvalue weighted by Crippen LogP contribution is -2.33. The summed E-state index contributed by atoms with van der Waals surface area (Å²) in [6.07, 6.45) is 0. The van der Waals surface area contributed by atoms with Gasteiger partial charge in [0.25, 0.3) is 0 Å². The molecule has 20 heavy (non-hydrogen) atoms. The van der Waals surface area contributed by atoms with Crippen LogP contribution in [0.15, 0.2) is 27.1 Å². The van der Waals surface area contributed by atoms with Crippen LogP contribution in [0.25, 0.3) is 0 Å². The van der Waals surface area contributed by atoms with Crippen molar-refractivity contribution in [2.45, 2.75) is 6.92 Å². The molecule has 1 heterocycles. The minimum Gasteiger partial charge on any atom is -0.481 e. The lowest BCUT2D eigenvalue weighted by molar-refractivity contribution is -0.142. The standard InChI is InChI=1S/C13H14Br2N2O3/c1-7-5-17(6-9(7)12(18)19)13(20)16-11-4-8(14)2-3-10(11)15/h2-4,7,9H,5-6H2,1H3,(H,16,20)(H,18,19). The molecule has 0 radical (unpaired) electrons. The number of carbonyl (C=O) groups excluding carboxylic acids is 1. The fraction of sp³-hybridized carbons (Fsp3) is 0.385. The first-order valence-corrected chi connectivity index (χ1v) is 7.71. The molecular formula is C13H14Br2N2O3. The molecule has 0 aromatic heterocycles. The summed E-state index contributed by atoms with van der Waals surface area (Å²) in [5, 5.41) is 11.9. The van der Waals surface area contributed by atoms with Crippen molar-refractivity contribution in [1.82, 2.24) is 4.90 Å². The number of likely N-dealkylation sites (tertiary alicyclic amines) is 1. The van der Waals surface area contributed by atoms with Gasteiger partial charge in [0.05, 0.1) is 11.6 Å². The Kier molecular flexibility index (Phi) is 4.70. The third kappa shape index (κ3) is 3.32. The molecule has 0 aliphatic carbocycles. The topological polar surface area (TPSA) is 69.6 Å². The van der Waals surface area contributed by atoms with E-state index >= 15 is 0 Å². The SMILES string of the molecule is CC1CN(C(=O)Nc2cc(Br)ccc2Br)CC1C(=O)O. The maximum absolute atomic E-state index is 12.2. The largest absolute Gasteiger partial charge is 0.481 e. The van der Waals surface area contributed by atoms with Crippen LogP contribution in [0.1, 0.15) is 6.92 Å². The zero-order chi connectivity index (χ0) is 14.9. The smallest absolute Gasteiger partial charge is 0.321 e. The number of carbonyl (C=O) groups is 2. The summed E-state index contributed by atoms with van der Waals surface area (Å²) in [5.41, 5.74) is 0.649. The van der Waals surface area contributed by atoms with Crippen LogP contribution >= 0.6 is 31.9 Å². The highest BCUT2D eigenvalue weighted by molar-refractivity contribution is 9.11. The van der Waals surface area contributed by atoms with E-state index in [0.717, 1.165) is 8.95 Å². The molecule has 1 saturated heterocycles. The van der Waals surface area contributed by atoms with Gasteiger partial charge in [-0.05, 0) is 40.0 Å². The van der Waals surface area contributed by atoms with Gasteiger partial charge in [0, 0.05) is 22.0 Å². The summed E-state index contributed by atoms with van der Waals surface area (Å²) in [5.74, 6) is -1.38. The van der Waals surface area contributed by atoms with Gasteiger partial charge >= 0.3 is 12.0 Å². The highest BCUT2D eigenvalue weighted by atomic mass is 79.9. The molecule has 1 aliphatic heterocycles. The molecule has 0 saturated carbocycles. The zero-order valence-corrected chi connectivity index (χ0v) is 13.9. The zero-order valence-electron chi connectivity index (χ0n) is 10.8. The first-order chi connectivity index (χ1) is 9.38. The number of halogens is 2. The van der Waals surface area contributed by atoms with E-state index in [0.29, 0.717) is 12.2 Å². The van der Waals surface area contributed by atoms with Crippen molar-refractivity contribution in [3.05, 3.63) is 27.1 Å². The predicted octanol–water partition coefficient (Wildman–Crippen LogP) is 3.40. The molecular weight excluding hydrogens is 392 g/mol. The number of carboxylic acids is 1. The quantitative estimate of drug-likeness (QED) is 0.792. The molecule has 1 fully saturated rings. The molecule has 2 rings (SSSR count). The van der Waals surface area contributed by atoms with Gasteiger partial charge in [0.2, 0.25) is 0 Å². The van der Waals surface area contributed by atoms with Crippen LogP contribution in [-0.4, -0.2) is 35.1 Å². The number of aliphatic carboxylic acids is 1. The maximum atomic E-state index is 12.2. The van der Waals surface area contributed by atoms with Gasteiger partial charge in [-0.1, -0.05) is 22.9 Å². The minimum atomic E-state index is -0.851. The van der Waals surface area contributed by atoms with E-state index in [4.69, 9.17) is 5.11 Å². The Hall–Kier alpha value is -1.08. The Bertz CT molecular complexity index is 550. The van der Waals surface area contributed by atoms with Gasteiger partial charge in [-0.25, -0.2) is 4.79 Å². The van der Waals surface area contributed by atoms with E-state index in [2.05, 4.69) is 37.2 Å². The average molecular weight is 406 g/mol. The molecule has 1 aromatic rings. The van der Waals surface area contributed by atoms with Crippen molar-refractivity contribution in [2.75, 3.05) is 18.4 Å². The summed E-state index contributed by atoms with van der Waals surface area (Å²) in [4.78, 5) is 24.8. The van der Waals surface area contributed by atoms with Crippen molar-refractivity contribution in [3.63, 3.8) is 0 Å². The molecule has 1 aromatic carbocycles. The van der Waals surface area contributed by atoms with Gasteiger partial charge in [-0.2, -0.15) is 0 Å². The number of carboxylic acid groups (broad SMARTS) is 1. The number of amides is 2. The number of hydrogen-bond donors (Lipinski definition) is 2. The molecule has 2 amide bonds. The highest BCUT2D eigenvalue weighted by Gasteiger charge is 2.37. The fourth-order valence-corrected chi connectivity index (χ4v) is 2.95. The first-order valence-electron chi connectivity index (χ1n) is 6.12. The van der Waals surface area contributed by atoms with Crippen LogP contribution in [0.3, 0.4) is 0 Å². The summed E-state index contributed by atoms with van der Waals surface area (Å²) in [6, 6.07) is 5.19. The molecule has 7 heteroatoms. The van der Waals surface area contributed by atoms with Crippen LogP contribution in [0.4, 0.5) is 10.5 Å². The highest BCUT2D eigenvalue weighted by Crippen LogP contribution is 2.28. The van der Waals surface area contributed by atoms with Crippen LogP contribution < -0.4 is 5.32 Å². The number of benzene rings is 1. The summed E-state index contributed by atoms with van der Waals surface area (Å²) < 4.78 is 1.63. The Morgan fingerprint density at radius 1 is 1.35 bits per heavy atom. The lowest BCUT2D eigenvalue weighted by atomic mass is 9.99. The Balaban J connectivity index is 2.06. The summed E-state index contributed by atoms with van der Waals surface area (Å²) in [6.45, 7) is 2.55. The lowest BCUT2D eigenvalue weighted by Gasteiger charge is -2.17. The van der Waals surface area contributed by atoms with Gasteiger partial charge in [-0.3, -0.25) is 4.79 Å². The predicted molar refractivity (Wildman–Crippen MR) is 82.7 cm³/mol. The van der Waals surface area contributed by atoms with E-state index in [1.165, 1.54) is 4.90 Å². The molecule has 2 unspecified atom stereocenters. The number of anilines is 1. The molecule has 5 nitrogen and oxygen atoms in total. The summed E-state index contributed by atoms with van der Waals surface area (Å²) >= 11 is 6.71. The maximum Gasteiger partial charge on any atom is 0.321 e. The Morgan fingerprint density at radius 3 is 2.65 bits per heavy atom. The van der Waals surface area contributed by atoms with Crippen LogP contribution in [0.2, 0.25) is 0 Å². The van der Waals surface area contributed by atoms with Gasteiger partial charge in [0.1, 0.15) is 0 Å². The number of nitrogens with one attached hydrogen (secondary N) is 1. The van der Waals surface area contributed by atoms with Crippen LogP contribution in [0, 0.1) is 11.8 Å². The molecule has 2 atom stereocenters. The van der Waals surface area contributed by atoms with E-state index in [-0.39, 0.29) is 18.5 Å². The molecule has 108 valence electrons. The second kappa shape index (κ2) is 6.13. The van der Waals surface area contributed by atoms with Crippen molar-refractivity contribution in [3.8, 4) is 0 Å². The Morgan fingerprint density at radius 2 is 2.05 bits per heavy atom. The van der Waals surface area contributed by atoms with E-state index in [9.17, 15) is 9.59 Å². The number of hydrogen-bond acceptors (Lipinski definition) is 2. The normalized spacial score (nSPS) is 21.9. The molecule has 2 N–H and O–H groups in total. The van der Waals surface area contributed by atoms with Crippen molar-refractivity contribution in [2.24, 2.45) is 11.8 Å². The second-order valence-electron chi connectivity index (χ2n) is 4.88. The third-order valence-corrected chi connectivity index (χ3v) is 4.57. The van der Waals surface area contributed by atoms with E-state index in [1.54, 1.807) is 6.07 Å². The first kappa shape index (κ1) is 15.3. The van der Waals surface area contributed by atoms with Gasteiger partial charge < -0.3 is 15.3 Å². The second-order valence-corrected chi connectivity index (χ2v) is 6.65. The monoisotopic (exact) mass is 404 g/mol. The van der Waals surface area contributed by atoms with Crippen molar-refractivity contribution >= 4 is 49.5 Å². The number of nitrogens with zero attached hydrogens (tertiary/aromatic N) is 1. The van der Waals surface area contributed by atoms with Crippen LogP contribution in [-0.2, 0) is 4.79 Å². The Labute approximate surface area is 133 Å². The van der Waals surface area contributed by atoms with Crippen molar-refractivity contribution < 1.29 is 14.7 Å². The third-order valence-electron chi connectivity index (χ3n) is 3.39. The van der Waals surface area contributed by atoms with Gasteiger partial charge in [-0.15, -0.1) is 0 Å². The summed E-state index contributed by atoms with van der Waals surface area (Å²) in [7, 11) is 0. The van der Waals surface area contributed by atoms with Gasteiger partial charge in [0.15, 0.2) is 0 Å². The minimum absolute atomic E-state index is 0.0378. The van der Waals surface area contributed by atoms with Crippen LogP contribution in [0.5, 0.6) is 0 Å². The average Bonchev–Trinajstić information content (AvgIpc) is 2.76. The molecule has 0 spiro atoms. The van der Waals surface area contributed by atoms with E-state index in [1.807, 2.05) is 19.1 Å². The van der Waals surface area contributed by atoms with E-state index < -0.39 is 11.9 Å². The fourth-order valence-electron chi connectivity index (χ4n) is 2.24.